The number of sulfonamides is 1. The lowest BCUT2D eigenvalue weighted by Gasteiger charge is -2.34. The van der Waals surface area contributed by atoms with Crippen molar-refractivity contribution in [2.45, 2.75) is 36.8 Å². The van der Waals surface area contributed by atoms with E-state index in [0.717, 1.165) is 0 Å². The Morgan fingerprint density at radius 2 is 2.20 bits per heavy atom. The number of ether oxygens (including phenoxy) is 1. The van der Waals surface area contributed by atoms with Crippen molar-refractivity contribution < 1.29 is 13.2 Å². The molecule has 2 rings (SSSR count). The Labute approximate surface area is 123 Å². The topological polar surface area (TPSA) is 80.3 Å². The van der Waals surface area contributed by atoms with E-state index >= 15 is 0 Å². The van der Waals surface area contributed by atoms with Crippen LogP contribution in [0, 0.1) is 0 Å². The van der Waals surface area contributed by atoms with Crippen LogP contribution in [0.4, 0.5) is 5.82 Å². The van der Waals surface area contributed by atoms with Crippen molar-refractivity contribution in [3.63, 3.8) is 0 Å². The molecule has 1 aliphatic carbocycles. The third kappa shape index (κ3) is 3.41. The van der Waals surface area contributed by atoms with Crippen LogP contribution >= 0.6 is 11.6 Å². The quantitative estimate of drug-likeness (QED) is 0.833. The summed E-state index contributed by atoms with van der Waals surface area (Å²) in [4.78, 5) is 4.10. The summed E-state index contributed by atoms with van der Waals surface area (Å²) >= 11 is 6.01. The number of pyridine rings is 1. The molecule has 2 N–H and O–H groups in total. The molecule has 1 fully saturated rings. The molecule has 0 unspecified atom stereocenters. The highest BCUT2D eigenvalue weighted by Crippen LogP contribution is 2.26. The highest BCUT2D eigenvalue weighted by Gasteiger charge is 2.32. The van der Waals surface area contributed by atoms with Crippen molar-refractivity contribution >= 4 is 27.4 Å². The van der Waals surface area contributed by atoms with E-state index in [1.165, 1.54) is 12.3 Å². The number of nitrogens with zero attached hydrogens (tertiary/aromatic N) is 1. The zero-order chi connectivity index (χ0) is 14.8. The minimum atomic E-state index is -3.59. The smallest absolute Gasteiger partial charge is 0.242 e. The summed E-state index contributed by atoms with van der Waals surface area (Å²) in [6, 6.07) is 1.32. The van der Waals surface area contributed by atoms with E-state index in [1.54, 1.807) is 7.11 Å². The van der Waals surface area contributed by atoms with Gasteiger partial charge in [-0.15, -0.1) is 0 Å². The summed E-state index contributed by atoms with van der Waals surface area (Å²) in [6.45, 7) is 2.57. The molecular formula is C12H18ClN3O3S. The van der Waals surface area contributed by atoms with Crippen LogP contribution in [0.2, 0.25) is 5.02 Å². The van der Waals surface area contributed by atoms with Crippen LogP contribution in [0.3, 0.4) is 0 Å². The standard InChI is InChI=1S/C12H18ClN3O3S/c1-3-14-12-11(13)6-10(7-15-12)20(17,18)16-8-4-9(5-8)19-2/h6-9,16H,3-5H2,1-2H3,(H,14,15). The van der Waals surface area contributed by atoms with Crippen molar-refractivity contribution in [2.24, 2.45) is 0 Å². The van der Waals surface area contributed by atoms with Gasteiger partial charge in [-0.05, 0) is 25.8 Å². The molecule has 0 aliphatic heterocycles. The maximum absolute atomic E-state index is 12.2. The molecule has 1 saturated carbocycles. The monoisotopic (exact) mass is 319 g/mol. The molecule has 0 amide bonds. The van der Waals surface area contributed by atoms with E-state index < -0.39 is 10.0 Å². The van der Waals surface area contributed by atoms with Gasteiger partial charge in [0.25, 0.3) is 0 Å². The highest BCUT2D eigenvalue weighted by molar-refractivity contribution is 7.89. The maximum Gasteiger partial charge on any atom is 0.242 e. The van der Waals surface area contributed by atoms with Gasteiger partial charge in [-0.1, -0.05) is 11.6 Å². The highest BCUT2D eigenvalue weighted by atomic mass is 35.5. The minimum absolute atomic E-state index is 0.0741. The van der Waals surface area contributed by atoms with Gasteiger partial charge in [0, 0.05) is 25.9 Å². The van der Waals surface area contributed by atoms with E-state index in [-0.39, 0.29) is 22.1 Å². The molecule has 0 atom stereocenters. The average Bonchev–Trinajstić information content (AvgIpc) is 2.36. The van der Waals surface area contributed by atoms with Crippen molar-refractivity contribution in [3.05, 3.63) is 17.3 Å². The van der Waals surface area contributed by atoms with Crippen LogP contribution in [-0.4, -0.2) is 39.2 Å². The first kappa shape index (κ1) is 15.5. The zero-order valence-corrected chi connectivity index (χ0v) is 13.0. The molecule has 0 spiro atoms. The van der Waals surface area contributed by atoms with Gasteiger partial charge in [-0.2, -0.15) is 0 Å². The number of hydrogen-bond acceptors (Lipinski definition) is 5. The van der Waals surface area contributed by atoms with Gasteiger partial charge in [0.15, 0.2) is 0 Å². The van der Waals surface area contributed by atoms with E-state index in [9.17, 15) is 8.42 Å². The molecule has 0 radical (unpaired) electrons. The fraction of sp³-hybridized carbons (Fsp3) is 0.583. The number of rotatable bonds is 6. The normalized spacial score (nSPS) is 22.4. The molecule has 1 aromatic heterocycles. The Bertz CT molecular complexity index is 573. The van der Waals surface area contributed by atoms with Crippen LogP contribution < -0.4 is 10.0 Å². The minimum Gasteiger partial charge on any atom is -0.381 e. The molecule has 20 heavy (non-hydrogen) atoms. The van der Waals surface area contributed by atoms with Gasteiger partial charge in [0.2, 0.25) is 10.0 Å². The molecule has 8 heteroatoms. The number of halogens is 1. The average molecular weight is 320 g/mol. The van der Waals surface area contributed by atoms with Gasteiger partial charge in [-0.25, -0.2) is 18.1 Å². The largest absolute Gasteiger partial charge is 0.381 e. The number of nitrogens with one attached hydrogen (secondary N) is 2. The van der Waals surface area contributed by atoms with Gasteiger partial charge in [-0.3, -0.25) is 0 Å². The van der Waals surface area contributed by atoms with Gasteiger partial charge >= 0.3 is 0 Å². The molecule has 1 aromatic rings. The first-order chi connectivity index (χ1) is 9.46. The van der Waals surface area contributed by atoms with Crippen molar-refractivity contribution in [2.75, 3.05) is 19.0 Å². The number of methoxy groups -OCH3 is 1. The van der Waals surface area contributed by atoms with Crippen molar-refractivity contribution in [1.29, 1.82) is 0 Å². The van der Waals surface area contributed by atoms with Crippen LogP contribution in [0.5, 0.6) is 0 Å². The summed E-state index contributed by atoms with van der Waals surface area (Å²) in [5.74, 6) is 0.483. The Hall–Kier alpha value is -0.890. The predicted octanol–water partition coefficient (Wildman–Crippen LogP) is 1.62. The Morgan fingerprint density at radius 3 is 2.75 bits per heavy atom. The fourth-order valence-electron chi connectivity index (χ4n) is 2.01. The van der Waals surface area contributed by atoms with E-state index in [2.05, 4.69) is 15.0 Å². The second kappa shape index (κ2) is 6.26. The molecular weight excluding hydrogens is 302 g/mol. The zero-order valence-electron chi connectivity index (χ0n) is 11.4. The third-order valence-electron chi connectivity index (χ3n) is 3.22. The lowest BCUT2D eigenvalue weighted by atomic mass is 9.90. The summed E-state index contributed by atoms with van der Waals surface area (Å²) in [7, 11) is -1.96. The summed E-state index contributed by atoms with van der Waals surface area (Å²) in [5.41, 5.74) is 0. The Morgan fingerprint density at radius 1 is 1.50 bits per heavy atom. The predicted molar refractivity (Wildman–Crippen MR) is 77.6 cm³/mol. The molecule has 0 saturated heterocycles. The van der Waals surface area contributed by atoms with E-state index in [1.807, 2.05) is 6.92 Å². The van der Waals surface area contributed by atoms with Crippen molar-refractivity contribution in [3.8, 4) is 0 Å². The lowest BCUT2D eigenvalue weighted by Crippen LogP contribution is -2.47. The van der Waals surface area contributed by atoms with E-state index in [4.69, 9.17) is 16.3 Å². The third-order valence-corrected chi connectivity index (χ3v) is 5.00. The Balaban J connectivity index is 2.08. The summed E-state index contributed by atoms with van der Waals surface area (Å²) in [6.07, 6.45) is 2.82. The summed E-state index contributed by atoms with van der Waals surface area (Å²) < 4.78 is 32.1. The van der Waals surface area contributed by atoms with Crippen LogP contribution in [0.15, 0.2) is 17.2 Å². The van der Waals surface area contributed by atoms with Crippen LogP contribution in [-0.2, 0) is 14.8 Å². The second-order valence-electron chi connectivity index (χ2n) is 4.68. The molecule has 0 bridgehead atoms. The van der Waals surface area contributed by atoms with E-state index in [0.29, 0.717) is 25.2 Å². The fourth-order valence-corrected chi connectivity index (χ4v) is 3.54. The molecule has 1 heterocycles. The van der Waals surface area contributed by atoms with Crippen molar-refractivity contribution in [1.82, 2.24) is 9.71 Å². The summed E-state index contributed by atoms with van der Waals surface area (Å²) in [5, 5.41) is 3.25. The van der Waals surface area contributed by atoms with Gasteiger partial charge < -0.3 is 10.1 Å². The SMILES string of the molecule is CCNc1ncc(S(=O)(=O)NC2CC(OC)C2)cc1Cl. The first-order valence-electron chi connectivity index (χ1n) is 6.40. The molecule has 1 aliphatic rings. The van der Waals surface area contributed by atoms with Gasteiger partial charge in [0.05, 0.1) is 11.1 Å². The maximum atomic E-state index is 12.2. The lowest BCUT2D eigenvalue weighted by molar-refractivity contribution is 0.0236. The first-order valence-corrected chi connectivity index (χ1v) is 8.27. The number of hydrogen-bond donors (Lipinski definition) is 2. The number of aromatic nitrogens is 1. The molecule has 0 aromatic carbocycles. The van der Waals surface area contributed by atoms with Gasteiger partial charge in [0.1, 0.15) is 10.7 Å². The Kier molecular flexibility index (Phi) is 4.85. The van der Waals surface area contributed by atoms with Crippen LogP contribution in [0.1, 0.15) is 19.8 Å². The van der Waals surface area contributed by atoms with Crippen LogP contribution in [0.25, 0.3) is 0 Å². The molecule has 112 valence electrons. The second-order valence-corrected chi connectivity index (χ2v) is 6.80. The number of anilines is 1. The molecule has 6 nitrogen and oxygen atoms in total.